The molecular weight excluding hydrogens is 418 g/mol. The molecule has 32 heavy (non-hydrogen) atoms. The standard InChI is InChI=1S/C27H39NO3S/c1-26(2)11-12-27(3,4)23-15-18(5-10-22(23)26)17-31-20-8-6-19(7-9-20)21(16-24(29)30)25-28-13-14-32-25/h6-9,18,21-23H,5,10-17H2,1-4H3,(H,29,30)/t18?,21-,22?,23-/m0/s1. The van der Waals surface area contributed by atoms with Gasteiger partial charge in [-0.1, -0.05) is 39.8 Å². The van der Waals surface area contributed by atoms with E-state index in [1.807, 2.05) is 24.3 Å². The third-order valence-corrected chi connectivity index (χ3v) is 9.53. The maximum absolute atomic E-state index is 11.4. The Labute approximate surface area is 197 Å². The highest BCUT2D eigenvalue weighted by Crippen LogP contribution is 2.58. The fourth-order valence-corrected chi connectivity index (χ4v) is 7.31. The molecule has 2 aliphatic carbocycles. The maximum Gasteiger partial charge on any atom is 0.304 e. The SMILES string of the molecule is CC1(C)CCC(C)(C)[C@H]2CC(COc3ccc([C@H](CC(=O)O)C4=NCCS4)cc3)CCC21. The number of nitrogens with zero attached hydrogens (tertiary/aromatic N) is 1. The third-order valence-electron chi connectivity index (χ3n) is 8.43. The zero-order chi connectivity index (χ0) is 22.9. The molecular formula is C27H39NO3S. The van der Waals surface area contributed by atoms with E-state index in [9.17, 15) is 9.90 Å². The molecule has 1 N–H and O–H groups in total. The van der Waals surface area contributed by atoms with Crippen LogP contribution in [0.1, 0.15) is 77.7 Å². The van der Waals surface area contributed by atoms with Gasteiger partial charge in [0.15, 0.2) is 0 Å². The van der Waals surface area contributed by atoms with Crippen LogP contribution >= 0.6 is 11.8 Å². The maximum atomic E-state index is 11.4. The van der Waals surface area contributed by atoms with E-state index in [0.29, 0.717) is 16.7 Å². The van der Waals surface area contributed by atoms with Crippen molar-refractivity contribution in [2.24, 2.45) is 33.6 Å². The Hall–Kier alpha value is -1.49. The first-order valence-corrected chi connectivity index (χ1v) is 13.3. The van der Waals surface area contributed by atoms with Crippen LogP contribution in [0.2, 0.25) is 0 Å². The Balaban J connectivity index is 1.37. The molecule has 5 heteroatoms. The lowest BCUT2D eigenvalue weighted by atomic mass is 9.50. The van der Waals surface area contributed by atoms with Crippen LogP contribution in [0.25, 0.3) is 0 Å². The minimum atomic E-state index is -0.782. The van der Waals surface area contributed by atoms with Crippen molar-refractivity contribution in [1.29, 1.82) is 0 Å². The molecule has 0 aromatic heterocycles. The van der Waals surface area contributed by atoms with E-state index in [2.05, 4.69) is 32.7 Å². The van der Waals surface area contributed by atoms with Crippen molar-refractivity contribution in [3.63, 3.8) is 0 Å². The molecule has 0 spiro atoms. The summed E-state index contributed by atoms with van der Waals surface area (Å²) in [6.07, 6.45) is 6.63. The quantitative estimate of drug-likeness (QED) is 0.498. The Morgan fingerprint density at radius 2 is 1.81 bits per heavy atom. The van der Waals surface area contributed by atoms with Crippen molar-refractivity contribution < 1.29 is 14.6 Å². The van der Waals surface area contributed by atoms with Crippen molar-refractivity contribution >= 4 is 22.8 Å². The average molecular weight is 458 g/mol. The van der Waals surface area contributed by atoms with Crippen molar-refractivity contribution in [3.8, 4) is 5.75 Å². The molecule has 1 aromatic carbocycles. The van der Waals surface area contributed by atoms with E-state index < -0.39 is 5.97 Å². The number of hydrogen-bond donors (Lipinski definition) is 1. The number of rotatable bonds is 7. The lowest BCUT2D eigenvalue weighted by molar-refractivity contribution is -0.137. The Morgan fingerprint density at radius 3 is 2.44 bits per heavy atom. The van der Waals surface area contributed by atoms with Crippen LogP contribution in [0, 0.1) is 28.6 Å². The van der Waals surface area contributed by atoms with Crippen LogP contribution in [-0.4, -0.2) is 35.0 Å². The van der Waals surface area contributed by atoms with Gasteiger partial charge >= 0.3 is 5.97 Å². The smallest absolute Gasteiger partial charge is 0.304 e. The van der Waals surface area contributed by atoms with Crippen molar-refractivity contribution in [1.82, 2.24) is 0 Å². The highest BCUT2D eigenvalue weighted by molar-refractivity contribution is 8.14. The van der Waals surface area contributed by atoms with Crippen LogP contribution in [0.5, 0.6) is 5.75 Å². The average Bonchev–Trinajstić information content (AvgIpc) is 3.29. The van der Waals surface area contributed by atoms with Crippen LogP contribution < -0.4 is 4.74 Å². The van der Waals surface area contributed by atoms with Gasteiger partial charge in [0, 0.05) is 18.2 Å². The summed E-state index contributed by atoms with van der Waals surface area (Å²) >= 11 is 1.68. The Kier molecular flexibility index (Phi) is 6.95. The topological polar surface area (TPSA) is 58.9 Å². The minimum absolute atomic E-state index is 0.0861. The number of carboxylic acids is 1. The molecule has 2 saturated carbocycles. The third kappa shape index (κ3) is 5.18. The molecule has 1 aliphatic heterocycles. The molecule has 3 aliphatic rings. The predicted molar refractivity (Wildman–Crippen MR) is 133 cm³/mol. The number of aliphatic carboxylic acids is 1. The van der Waals surface area contributed by atoms with Gasteiger partial charge < -0.3 is 9.84 Å². The predicted octanol–water partition coefficient (Wildman–Crippen LogP) is 6.65. The van der Waals surface area contributed by atoms with Gasteiger partial charge in [-0.3, -0.25) is 9.79 Å². The van der Waals surface area contributed by atoms with E-state index >= 15 is 0 Å². The fourth-order valence-electron chi connectivity index (χ4n) is 6.32. The summed E-state index contributed by atoms with van der Waals surface area (Å²) in [4.78, 5) is 15.9. The van der Waals surface area contributed by atoms with E-state index in [-0.39, 0.29) is 12.3 Å². The largest absolute Gasteiger partial charge is 0.493 e. The zero-order valence-electron chi connectivity index (χ0n) is 20.1. The Bertz CT molecular complexity index is 845. The molecule has 0 bridgehead atoms. The van der Waals surface area contributed by atoms with Crippen LogP contribution in [0.3, 0.4) is 0 Å². The Morgan fingerprint density at radius 1 is 1.12 bits per heavy atom. The number of carboxylic acid groups (broad SMARTS) is 1. The van der Waals surface area contributed by atoms with E-state index in [0.717, 1.165) is 47.1 Å². The van der Waals surface area contributed by atoms with E-state index in [1.165, 1.54) is 32.1 Å². The highest BCUT2D eigenvalue weighted by Gasteiger charge is 2.49. The van der Waals surface area contributed by atoms with Gasteiger partial charge in [0.1, 0.15) is 5.75 Å². The summed E-state index contributed by atoms with van der Waals surface area (Å²) in [5.41, 5.74) is 1.91. The molecule has 4 rings (SSSR count). The van der Waals surface area contributed by atoms with Gasteiger partial charge in [0.2, 0.25) is 0 Å². The minimum Gasteiger partial charge on any atom is -0.493 e. The zero-order valence-corrected chi connectivity index (χ0v) is 20.9. The van der Waals surface area contributed by atoms with Gasteiger partial charge in [-0.15, -0.1) is 11.8 Å². The van der Waals surface area contributed by atoms with Gasteiger partial charge in [0.25, 0.3) is 0 Å². The second kappa shape index (κ2) is 9.40. The molecule has 0 radical (unpaired) electrons. The van der Waals surface area contributed by atoms with Crippen molar-refractivity contribution in [2.75, 3.05) is 18.9 Å². The normalized spacial score (nSPS) is 29.6. The molecule has 1 aromatic rings. The van der Waals surface area contributed by atoms with Crippen LogP contribution in [-0.2, 0) is 4.79 Å². The number of benzene rings is 1. The van der Waals surface area contributed by atoms with E-state index in [1.54, 1.807) is 11.8 Å². The van der Waals surface area contributed by atoms with Gasteiger partial charge in [-0.2, -0.15) is 0 Å². The molecule has 4 atom stereocenters. The summed E-state index contributed by atoms with van der Waals surface area (Å²) in [5, 5.41) is 10.3. The molecule has 176 valence electrons. The second-order valence-corrected chi connectivity index (χ2v) is 12.6. The summed E-state index contributed by atoms with van der Waals surface area (Å²) in [7, 11) is 0. The summed E-state index contributed by atoms with van der Waals surface area (Å²) in [5.74, 6) is 3.14. The lowest BCUT2D eigenvalue weighted by Gasteiger charge is -2.56. The monoisotopic (exact) mass is 457 g/mol. The van der Waals surface area contributed by atoms with Crippen LogP contribution in [0.4, 0.5) is 0 Å². The number of aliphatic imine (C=N–C) groups is 1. The molecule has 0 saturated heterocycles. The fraction of sp³-hybridized carbons (Fsp3) is 0.704. The first-order valence-electron chi connectivity index (χ1n) is 12.3. The number of carbonyl (C=O) groups is 1. The van der Waals surface area contributed by atoms with Crippen LogP contribution in [0.15, 0.2) is 29.3 Å². The molecule has 0 amide bonds. The molecule has 2 fully saturated rings. The number of ether oxygens (including phenoxy) is 1. The number of fused-ring (bicyclic) bond motifs is 1. The van der Waals surface area contributed by atoms with Gasteiger partial charge in [-0.25, -0.2) is 0 Å². The summed E-state index contributed by atoms with van der Waals surface area (Å²) < 4.78 is 6.23. The summed E-state index contributed by atoms with van der Waals surface area (Å²) in [6, 6.07) is 8.05. The number of thioether (sulfide) groups is 1. The molecule has 1 heterocycles. The first kappa shape index (κ1) is 23.7. The van der Waals surface area contributed by atoms with Gasteiger partial charge in [0.05, 0.1) is 18.1 Å². The van der Waals surface area contributed by atoms with E-state index in [4.69, 9.17) is 4.74 Å². The summed E-state index contributed by atoms with van der Waals surface area (Å²) in [6.45, 7) is 11.5. The number of hydrogen-bond acceptors (Lipinski definition) is 4. The first-order chi connectivity index (χ1) is 15.2. The highest BCUT2D eigenvalue weighted by atomic mass is 32.2. The van der Waals surface area contributed by atoms with Crippen molar-refractivity contribution in [2.45, 2.75) is 72.1 Å². The van der Waals surface area contributed by atoms with Gasteiger partial charge in [-0.05, 0) is 78.4 Å². The molecule has 2 unspecified atom stereocenters. The van der Waals surface area contributed by atoms with Crippen molar-refractivity contribution in [3.05, 3.63) is 29.8 Å². The lowest BCUT2D eigenvalue weighted by Crippen LogP contribution is -2.47. The second-order valence-electron chi connectivity index (χ2n) is 11.5. The molecule has 4 nitrogen and oxygen atoms in total.